The average molecular weight is 273 g/mol. The van der Waals surface area contributed by atoms with E-state index in [-0.39, 0.29) is 0 Å². The van der Waals surface area contributed by atoms with Crippen LogP contribution >= 0.6 is 11.3 Å². The maximum Gasteiger partial charge on any atom is 0.0671 e. The molecular weight excluding hydrogens is 250 g/mol. The van der Waals surface area contributed by atoms with Gasteiger partial charge in [0.1, 0.15) is 0 Å². The maximum absolute atomic E-state index is 3.59. The summed E-state index contributed by atoms with van der Waals surface area (Å²) in [5.41, 5.74) is 2.81. The first-order valence-corrected chi connectivity index (χ1v) is 7.94. The minimum Gasteiger partial charge on any atom is -0.306 e. The molecule has 2 aromatic rings. The molecule has 1 aromatic heterocycles. The van der Waals surface area contributed by atoms with Gasteiger partial charge in [0.05, 0.1) is 6.04 Å². The highest BCUT2D eigenvalue weighted by Gasteiger charge is 2.14. The lowest BCUT2D eigenvalue weighted by Gasteiger charge is -2.18. The topological polar surface area (TPSA) is 12.0 Å². The zero-order valence-corrected chi connectivity index (χ0v) is 12.8. The molecule has 1 nitrogen and oxygen atoms in total. The van der Waals surface area contributed by atoms with Gasteiger partial charge in [-0.2, -0.15) is 0 Å². The molecule has 1 N–H and O–H groups in total. The number of thiophene rings is 1. The van der Waals surface area contributed by atoms with Crippen molar-refractivity contribution in [1.82, 2.24) is 5.32 Å². The molecule has 1 heterocycles. The fraction of sp³-hybridized carbons (Fsp3) is 0.412. The van der Waals surface area contributed by atoms with Crippen LogP contribution < -0.4 is 5.32 Å². The SMILES string of the molecule is CCNC(c1cccc(CC(C)C)c1)c1cccs1. The largest absolute Gasteiger partial charge is 0.306 e. The lowest BCUT2D eigenvalue weighted by Crippen LogP contribution is -2.21. The molecule has 2 heteroatoms. The third-order valence-corrected chi connectivity index (χ3v) is 4.10. The third-order valence-electron chi connectivity index (χ3n) is 3.16. The van der Waals surface area contributed by atoms with Crippen molar-refractivity contribution in [1.29, 1.82) is 0 Å². The average Bonchev–Trinajstić information content (AvgIpc) is 2.89. The van der Waals surface area contributed by atoms with Crippen LogP contribution in [0.25, 0.3) is 0 Å². The summed E-state index contributed by atoms with van der Waals surface area (Å²) in [4.78, 5) is 1.39. The molecule has 1 unspecified atom stereocenters. The van der Waals surface area contributed by atoms with Gasteiger partial charge in [0.25, 0.3) is 0 Å². The number of benzene rings is 1. The number of hydrogen-bond acceptors (Lipinski definition) is 2. The molecule has 102 valence electrons. The maximum atomic E-state index is 3.59. The Labute approximate surface area is 120 Å². The van der Waals surface area contributed by atoms with E-state index in [0.29, 0.717) is 12.0 Å². The summed E-state index contributed by atoms with van der Waals surface area (Å²) in [5, 5.41) is 5.74. The van der Waals surface area contributed by atoms with Gasteiger partial charge >= 0.3 is 0 Å². The van der Waals surface area contributed by atoms with Crippen molar-refractivity contribution in [2.24, 2.45) is 5.92 Å². The van der Waals surface area contributed by atoms with Crippen molar-refractivity contribution in [2.45, 2.75) is 33.2 Å². The van der Waals surface area contributed by atoms with Gasteiger partial charge in [0.15, 0.2) is 0 Å². The molecule has 0 aliphatic heterocycles. The van der Waals surface area contributed by atoms with Crippen LogP contribution in [0.1, 0.15) is 42.8 Å². The molecule has 0 radical (unpaired) electrons. The lowest BCUT2D eigenvalue weighted by molar-refractivity contribution is 0.630. The predicted molar refractivity (Wildman–Crippen MR) is 84.8 cm³/mol. The van der Waals surface area contributed by atoms with E-state index >= 15 is 0 Å². The Bertz CT molecular complexity index is 488. The first-order valence-electron chi connectivity index (χ1n) is 7.06. The van der Waals surface area contributed by atoms with Crippen LogP contribution in [0.15, 0.2) is 41.8 Å². The van der Waals surface area contributed by atoms with Crippen LogP contribution in [0.2, 0.25) is 0 Å². The van der Waals surface area contributed by atoms with Gasteiger partial charge in [-0.25, -0.2) is 0 Å². The zero-order valence-electron chi connectivity index (χ0n) is 12.0. The summed E-state index contributed by atoms with van der Waals surface area (Å²) >= 11 is 1.82. The summed E-state index contributed by atoms with van der Waals surface area (Å²) in [6, 6.07) is 13.7. The van der Waals surface area contributed by atoms with Crippen molar-refractivity contribution in [2.75, 3.05) is 6.54 Å². The van der Waals surface area contributed by atoms with E-state index in [0.717, 1.165) is 13.0 Å². The van der Waals surface area contributed by atoms with Crippen LogP contribution in [-0.4, -0.2) is 6.54 Å². The zero-order chi connectivity index (χ0) is 13.7. The first-order chi connectivity index (χ1) is 9.20. The van der Waals surface area contributed by atoms with E-state index in [9.17, 15) is 0 Å². The van der Waals surface area contributed by atoms with Crippen LogP contribution in [0.5, 0.6) is 0 Å². The molecule has 1 atom stereocenters. The van der Waals surface area contributed by atoms with Crippen molar-refractivity contribution in [3.63, 3.8) is 0 Å². The fourth-order valence-electron chi connectivity index (χ4n) is 2.41. The van der Waals surface area contributed by atoms with Gasteiger partial charge in [-0.05, 0) is 41.5 Å². The smallest absolute Gasteiger partial charge is 0.0671 e. The van der Waals surface area contributed by atoms with E-state index < -0.39 is 0 Å². The van der Waals surface area contributed by atoms with Crippen LogP contribution in [0.3, 0.4) is 0 Å². The van der Waals surface area contributed by atoms with Gasteiger partial charge in [0.2, 0.25) is 0 Å². The second-order valence-corrected chi connectivity index (χ2v) is 6.33. The van der Waals surface area contributed by atoms with Gasteiger partial charge < -0.3 is 5.32 Å². The Morgan fingerprint density at radius 1 is 1.16 bits per heavy atom. The Balaban J connectivity index is 2.26. The Morgan fingerprint density at radius 2 is 2.00 bits per heavy atom. The summed E-state index contributed by atoms with van der Waals surface area (Å²) in [6.45, 7) is 7.69. The molecule has 0 bridgehead atoms. The number of nitrogens with one attached hydrogen (secondary N) is 1. The minimum atomic E-state index is 0.331. The monoisotopic (exact) mass is 273 g/mol. The van der Waals surface area contributed by atoms with Crippen LogP contribution in [-0.2, 0) is 6.42 Å². The molecular formula is C17H23NS. The van der Waals surface area contributed by atoms with Crippen LogP contribution in [0.4, 0.5) is 0 Å². The van der Waals surface area contributed by atoms with Gasteiger partial charge in [-0.1, -0.05) is 51.1 Å². The predicted octanol–water partition coefficient (Wildman–Crippen LogP) is 4.65. The molecule has 0 amide bonds. The highest BCUT2D eigenvalue weighted by molar-refractivity contribution is 7.10. The molecule has 0 aliphatic carbocycles. The van der Waals surface area contributed by atoms with E-state index in [2.05, 4.69) is 67.9 Å². The van der Waals surface area contributed by atoms with Crippen molar-refractivity contribution in [3.8, 4) is 0 Å². The molecule has 19 heavy (non-hydrogen) atoms. The minimum absolute atomic E-state index is 0.331. The van der Waals surface area contributed by atoms with E-state index in [1.165, 1.54) is 16.0 Å². The molecule has 0 saturated heterocycles. The third kappa shape index (κ3) is 3.92. The normalized spacial score (nSPS) is 12.8. The van der Waals surface area contributed by atoms with E-state index in [4.69, 9.17) is 0 Å². The molecule has 2 rings (SSSR count). The quantitative estimate of drug-likeness (QED) is 0.808. The fourth-order valence-corrected chi connectivity index (χ4v) is 3.24. The Morgan fingerprint density at radius 3 is 2.63 bits per heavy atom. The van der Waals surface area contributed by atoms with Crippen molar-refractivity contribution < 1.29 is 0 Å². The second-order valence-electron chi connectivity index (χ2n) is 5.35. The van der Waals surface area contributed by atoms with Crippen molar-refractivity contribution in [3.05, 3.63) is 57.8 Å². The lowest BCUT2D eigenvalue weighted by atomic mass is 9.97. The summed E-state index contributed by atoms with van der Waals surface area (Å²) in [5.74, 6) is 0.703. The van der Waals surface area contributed by atoms with Gasteiger partial charge in [0, 0.05) is 4.88 Å². The number of rotatable bonds is 6. The second kappa shape index (κ2) is 6.88. The molecule has 0 aliphatic rings. The molecule has 0 saturated carbocycles. The molecule has 0 fully saturated rings. The summed E-state index contributed by atoms with van der Waals surface area (Å²) in [6.07, 6.45) is 1.15. The van der Waals surface area contributed by atoms with Crippen molar-refractivity contribution >= 4 is 11.3 Å². The Kier molecular flexibility index (Phi) is 5.17. The first kappa shape index (κ1) is 14.3. The summed E-state index contributed by atoms with van der Waals surface area (Å²) < 4.78 is 0. The van der Waals surface area contributed by atoms with E-state index in [1.807, 2.05) is 11.3 Å². The molecule has 1 aromatic carbocycles. The standard InChI is InChI=1S/C17H23NS/c1-4-18-17(16-9-6-10-19-16)15-8-5-7-14(12-15)11-13(2)3/h5-10,12-13,17-18H,4,11H2,1-3H3. The Hall–Kier alpha value is -1.12. The van der Waals surface area contributed by atoms with E-state index in [1.54, 1.807) is 0 Å². The number of hydrogen-bond donors (Lipinski definition) is 1. The van der Waals surface area contributed by atoms with Crippen LogP contribution in [0, 0.1) is 5.92 Å². The molecule has 0 spiro atoms. The van der Waals surface area contributed by atoms with Gasteiger partial charge in [-0.15, -0.1) is 11.3 Å². The summed E-state index contributed by atoms with van der Waals surface area (Å²) in [7, 11) is 0. The highest BCUT2D eigenvalue weighted by atomic mass is 32.1. The highest BCUT2D eigenvalue weighted by Crippen LogP contribution is 2.27. The van der Waals surface area contributed by atoms with Gasteiger partial charge in [-0.3, -0.25) is 0 Å².